The van der Waals surface area contributed by atoms with Gasteiger partial charge in [0.15, 0.2) is 5.16 Å². The van der Waals surface area contributed by atoms with Gasteiger partial charge in [-0.05, 0) is 32.6 Å². The Balaban J connectivity index is 1.78. The average Bonchev–Trinajstić information content (AvgIpc) is 2.93. The molecule has 116 valence electrons. The molecule has 0 saturated carbocycles. The zero-order valence-electron chi connectivity index (χ0n) is 12.3. The number of aromatic nitrogens is 3. The van der Waals surface area contributed by atoms with Crippen LogP contribution in [0.15, 0.2) is 5.16 Å². The lowest BCUT2D eigenvalue weighted by Gasteiger charge is -2.27. The third-order valence-electron chi connectivity index (χ3n) is 3.93. The molecule has 1 aromatic rings. The highest BCUT2D eigenvalue weighted by molar-refractivity contribution is 7.99. The van der Waals surface area contributed by atoms with Crippen LogP contribution < -0.4 is 16.2 Å². The highest BCUT2D eigenvalue weighted by Gasteiger charge is 2.27. The number of nitrogen functional groups attached to an aromatic ring is 1. The Kier molecular flexibility index (Phi) is 4.77. The van der Waals surface area contributed by atoms with Gasteiger partial charge in [0, 0.05) is 24.9 Å². The van der Waals surface area contributed by atoms with Crippen molar-refractivity contribution in [3.05, 3.63) is 0 Å². The lowest BCUT2D eigenvalue weighted by Crippen LogP contribution is -2.31. The van der Waals surface area contributed by atoms with E-state index >= 15 is 0 Å². The fourth-order valence-electron chi connectivity index (χ4n) is 2.70. The number of nitrogens with zero attached hydrogens (tertiary/aromatic N) is 4. The molecule has 2 aliphatic heterocycles. The molecule has 8 heteroatoms. The summed E-state index contributed by atoms with van der Waals surface area (Å²) in [5.41, 5.74) is 2.55. The van der Waals surface area contributed by atoms with Crippen molar-refractivity contribution in [3.8, 4) is 0 Å². The number of hydrazine groups is 1. The van der Waals surface area contributed by atoms with Gasteiger partial charge < -0.3 is 9.64 Å². The van der Waals surface area contributed by atoms with Gasteiger partial charge in [0.1, 0.15) is 0 Å². The largest absolute Gasteiger partial charge is 0.377 e. The van der Waals surface area contributed by atoms with Crippen LogP contribution in [-0.4, -0.2) is 46.0 Å². The van der Waals surface area contributed by atoms with Crippen molar-refractivity contribution in [2.45, 2.75) is 49.1 Å². The number of nitrogens with one attached hydrogen (secondary N) is 1. The van der Waals surface area contributed by atoms with Gasteiger partial charge in [-0.2, -0.15) is 15.0 Å². The summed E-state index contributed by atoms with van der Waals surface area (Å²) >= 11 is 1.66. The Morgan fingerprint density at radius 1 is 1.24 bits per heavy atom. The van der Waals surface area contributed by atoms with E-state index in [-0.39, 0.29) is 6.10 Å². The van der Waals surface area contributed by atoms with Crippen LogP contribution in [0.3, 0.4) is 0 Å². The molecule has 0 aliphatic carbocycles. The van der Waals surface area contributed by atoms with E-state index in [4.69, 9.17) is 10.6 Å². The molecule has 7 nitrogen and oxygen atoms in total. The van der Waals surface area contributed by atoms with Crippen LogP contribution in [0.25, 0.3) is 0 Å². The summed E-state index contributed by atoms with van der Waals surface area (Å²) in [6, 6.07) is 0. The van der Waals surface area contributed by atoms with Gasteiger partial charge in [0.25, 0.3) is 0 Å². The number of rotatable bonds is 4. The van der Waals surface area contributed by atoms with E-state index in [9.17, 15) is 0 Å². The van der Waals surface area contributed by atoms with Gasteiger partial charge in [-0.3, -0.25) is 5.43 Å². The smallest absolute Gasteiger partial charge is 0.242 e. The zero-order chi connectivity index (χ0) is 14.7. The van der Waals surface area contributed by atoms with Crippen molar-refractivity contribution >= 4 is 23.7 Å². The second-order valence-electron chi connectivity index (χ2n) is 5.45. The summed E-state index contributed by atoms with van der Waals surface area (Å²) in [5, 5.41) is 1.12. The molecule has 2 unspecified atom stereocenters. The molecule has 3 heterocycles. The quantitative estimate of drug-likeness (QED) is 0.637. The molecule has 0 radical (unpaired) electrons. The van der Waals surface area contributed by atoms with Crippen LogP contribution in [0.5, 0.6) is 0 Å². The molecule has 0 bridgehead atoms. The minimum atomic E-state index is 0.236. The van der Waals surface area contributed by atoms with Gasteiger partial charge >= 0.3 is 0 Å². The second-order valence-corrected chi connectivity index (χ2v) is 6.66. The SMILES string of the molecule is CC1OCCC1Sc1nc(NN)nc(N2CCCCC2)n1. The van der Waals surface area contributed by atoms with Crippen molar-refractivity contribution in [2.24, 2.45) is 5.84 Å². The maximum Gasteiger partial charge on any atom is 0.242 e. The third kappa shape index (κ3) is 3.56. The molecule has 1 aromatic heterocycles. The number of nitrogens with two attached hydrogens (primary N) is 1. The molecule has 0 amide bonds. The monoisotopic (exact) mass is 310 g/mol. The molecule has 2 fully saturated rings. The fraction of sp³-hybridized carbons (Fsp3) is 0.769. The van der Waals surface area contributed by atoms with Crippen molar-refractivity contribution in [1.29, 1.82) is 0 Å². The van der Waals surface area contributed by atoms with Gasteiger partial charge in [-0.1, -0.05) is 11.8 Å². The first-order valence-corrected chi connectivity index (χ1v) is 8.40. The minimum absolute atomic E-state index is 0.236. The number of thioether (sulfide) groups is 1. The average molecular weight is 310 g/mol. The molecule has 21 heavy (non-hydrogen) atoms. The van der Waals surface area contributed by atoms with Crippen molar-refractivity contribution < 1.29 is 4.74 Å². The van der Waals surface area contributed by atoms with Crippen molar-refractivity contribution in [2.75, 3.05) is 30.0 Å². The predicted molar refractivity (Wildman–Crippen MR) is 83.4 cm³/mol. The first-order chi connectivity index (χ1) is 10.3. The molecule has 2 atom stereocenters. The fourth-order valence-corrected chi connectivity index (χ4v) is 3.73. The van der Waals surface area contributed by atoms with Crippen LogP contribution in [0.4, 0.5) is 11.9 Å². The van der Waals surface area contributed by atoms with E-state index in [0.29, 0.717) is 11.2 Å². The molecule has 3 rings (SSSR count). The normalized spacial score (nSPS) is 26.1. The van der Waals surface area contributed by atoms with E-state index in [1.807, 2.05) is 0 Å². The lowest BCUT2D eigenvalue weighted by atomic mass is 10.1. The standard InChI is InChI=1S/C13H22N6OS/c1-9-10(5-8-20-9)21-13-16-11(18-14)15-12(17-13)19-6-3-2-4-7-19/h9-10H,2-8,14H2,1H3,(H,15,16,17,18). The topological polar surface area (TPSA) is 89.2 Å². The highest BCUT2D eigenvalue weighted by Crippen LogP contribution is 2.31. The number of ether oxygens (including phenoxy) is 1. The van der Waals surface area contributed by atoms with E-state index in [1.54, 1.807) is 11.8 Å². The van der Waals surface area contributed by atoms with E-state index in [1.165, 1.54) is 19.3 Å². The van der Waals surface area contributed by atoms with Crippen molar-refractivity contribution in [3.63, 3.8) is 0 Å². The maximum atomic E-state index is 5.60. The molecule has 2 aliphatic rings. The summed E-state index contributed by atoms with van der Waals surface area (Å²) < 4.78 is 5.60. The molecule has 2 saturated heterocycles. The molecular formula is C13H22N6OS. The molecule has 3 N–H and O–H groups in total. The lowest BCUT2D eigenvalue weighted by molar-refractivity contribution is 0.127. The Morgan fingerprint density at radius 3 is 2.71 bits per heavy atom. The van der Waals surface area contributed by atoms with Gasteiger partial charge in [0.05, 0.1) is 6.10 Å². The Bertz CT molecular complexity index is 482. The van der Waals surface area contributed by atoms with Crippen LogP contribution in [0.1, 0.15) is 32.6 Å². The second kappa shape index (κ2) is 6.76. The Labute approximate surface area is 129 Å². The number of anilines is 2. The predicted octanol–water partition coefficient (Wildman–Crippen LogP) is 1.42. The molecule has 0 aromatic carbocycles. The minimum Gasteiger partial charge on any atom is -0.377 e. The van der Waals surface area contributed by atoms with E-state index in [2.05, 4.69) is 32.2 Å². The van der Waals surface area contributed by atoms with Crippen molar-refractivity contribution in [1.82, 2.24) is 15.0 Å². The summed E-state index contributed by atoms with van der Waals surface area (Å²) in [5.74, 6) is 6.66. The number of piperidine rings is 1. The number of hydrogen-bond acceptors (Lipinski definition) is 8. The summed E-state index contributed by atoms with van der Waals surface area (Å²) in [6.07, 6.45) is 4.92. The maximum absolute atomic E-state index is 5.60. The molecule has 0 spiro atoms. The highest BCUT2D eigenvalue weighted by atomic mass is 32.2. The van der Waals surface area contributed by atoms with Crippen LogP contribution in [-0.2, 0) is 4.74 Å². The van der Waals surface area contributed by atoms with Gasteiger partial charge in [0.2, 0.25) is 11.9 Å². The Hall–Kier alpha value is -1.12. The van der Waals surface area contributed by atoms with E-state index < -0.39 is 0 Å². The molecular weight excluding hydrogens is 288 g/mol. The first kappa shape index (κ1) is 14.8. The summed E-state index contributed by atoms with van der Waals surface area (Å²) in [4.78, 5) is 15.6. The van der Waals surface area contributed by atoms with Crippen LogP contribution >= 0.6 is 11.8 Å². The summed E-state index contributed by atoms with van der Waals surface area (Å²) in [6.45, 7) is 4.91. The van der Waals surface area contributed by atoms with Crippen LogP contribution in [0, 0.1) is 0 Å². The zero-order valence-corrected chi connectivity index (χ0v) is 13.1. The number of hydrogen-bond donors (Lipinski definition) is 2. The summed E-state index contributed by atoms with van der Waals surface area (Å²) in [7, 11) is 0. The first-order valence-electron chi connectivity index (χ1n) is 7.52. The van der Waals surface area contributed by atoms with Gasteiger partial charge in [-0.15, -0.1) is 0 Å². The van der Waals surface area contributed by atoms with Gasteiger partial charge in [-0.25, -0.2) is 5.84 Å². The third-order valence-corrected chi connectivity index (χ3v) is 5.25. The van der Waals surface area contributed by atoms with Crippen LogP contribution in [0.2, 0.25) is 0 Å². The Morgan fingerprint density at radius 2 is 2.05 bits per heavy atom. The van der Waals surface area contributed by atoms with E-state index in [0.717, 1.165) is 37.2 Å².